The lowest BCUT2D eigenvalue weighted by molar-refractivity contribution is -0.135. The van der Waals surface area contributed by atoms with E-state index in [2.05, 4.69) is 0 Å². The summed E-state index contributed by atoms with van der Waals surface area (Å²) in [5.74, 6) is 0. The molecule has 0 amide bonds. The van der Waals surface area contributed by atoms with Gasteiger partial charge in [-0.25, -0.2) is 4.79 Å². The second-order valence-corrected chi connectivity index (χ2v) is 2.98. The van der Waals surface area contributed by atoms with E-state index >= 15 is 0 Å². The van der Waals surface area contributed by atoms with Crippen LogP contribution in [0.5, 0.6) is 0 Å². The van der Waals surface area contributed by atoms with Gasteiger partial charge in [-0.15, -0.1) is 0 Å². The third-order valence-electron chi connectivity index (χ3n) is 1.90. The molecule has 0 spiro atoms. The van der Waals surface area contributed by atoms with Gasteiger partial charge in [0, 0.05) is 0 Å². The maximum atomic E-state index is 8.96. The lowest BCUT2D eigenvalue weighted by Crippen LogP contribution is -2.48. The van der Waals surface area contributed by atoms with Crippen molar-refractivity contribution in [2.45, 2.75) is 37.3 Å². The summed E-state index contributed by atoms with van der Waals surface area (Å²) in [6.07, 6.45) is -5.30. The molecule has 1 saturated carbocycles. The van der Waals surface area contributed by atoms with Crippen molar-refractivity contribution in [1.29, 1.82) is 0 Å². The minimum atomic E-state index is -1.83. The van der Waals surface area contributed by atoms with Gasteiger partial charge in [0.2, 0.25) is 0 Å². The minimum Gasteiger partial charge on any atom is -0.450 e. The highest BCUT2D eigenvalue weighted by atomic mass is 16.6. The molecule has 1 aliphatic rings. The topological polar surface area (TPSA) is 138 Å². The zero-order valence-corrected chi connectivity index (χ0v) is 7.32. The zero-order chi connectivity index (χ0) is 11.3. The summed E-state index contributed by atoms with van der Waals surface area (Å²) in [6.45, 7) is 0. The number of hydrogen-bond donors (Lipinski definition) is 6. The van der Waals surface area contributed by atoms with Crippen molar-refractivity contribution < 1.29 is 35.4 Å². The maximum Gasteiger partial charge on any atom is 0.503 e. The number of aliphatic hydroxyl groups excluding tert-OH is 4. The highest BCUT2D eigenvalue weighted by molar-refractivity contribution is 5.53. The molecule has 0 heterocycles. The molecule has 6 N–H and O–H groups in total. The molecule has 0 aromatic heterocycles. The summed E-state index contributed by atoms with van der Waals surface area (Å²) in [5.41, 5.74) is 0. The van der Waals surface area contributed by atoms with Crippen LogP contribution in [0.3, 0.4) is 0 Å². The average molecular weight is 210 g/mol. The molecule has 7 nitrogen and oxygen atoms in total. The summed E-state index contributed by atoms with van der Waals surface area (Å²) in [7, 11) is 0. The molecule has 0 saturated heterocycles. The lowest BCUT2D eigenvalue weighted by Gasteiger charge is -2.31. The van der Waals surface area contributed by atoms with Crippen molar-refractivity contribution in [3.05, 3.63) is 0 Å². The summed E-state index contributed by atoms with van der Waals surface area (Å²) >= 11 is 0. The van der Waals surface area contributed by atoms with E-state index in [4.69, 9.17) is 35.4 Å². The molecule has 0 aromatic rings. The van der Waals surface area contributed by atoms with Gasteiger partial charge in [-0.05, 0) is 12.8 Å². The Morgan fingerprint density at radius 3 is 1.29 bits per heavy atom. The third kappa shape index (κ3) is 4.38. The van der Waals surface area contributed by atoms with Gasteiger partial charge >= 0.3 is 6.16 Å². The molecule has 0 bridgehead atoms. The van der Waals surface area contributed by atoms with E-state index in [-0.39, 0.29) is 0 Å². The van der Waals surface area contributed by atoms with E-state index in [1.54, 1.807) is 0 Å². The van der Waals surface area contributed by atoms with Gasteiger partial charge < -0.3 is 30.6 Å². The smallest absolute Gasteiger partial charge is 0.450 e. The van der Waals surface area contributed by atoms with Gasteiger partial charge in [-0.1, -0.05) is 0 Å². The van der Waals surface area contributed by atoms with Crippen molar-refractivity contribution in [3.8, 4) is 0 Å². The Kier molecular flexibility index (Phi) is 5.39. The predicted octanol–water partition coefficient (Wildman–Crippen LogP) is -1.55. The lowest BCUT2D eigenvalue weighted by atomic mass is 9.90. The van der Waals surface area contributed by atoms with Crippen molar-refractivity contribution in [3.63, 3.8) is 0 Å². The van der Waals surface area contributed by atoms with E-state index in [0.29, 0.717) is 12.8 Å². The molecule has 4 atom stereocenters. The van der Waals surface area contributed by atoms with Gasteiger partial charge in [0.1, 0.15) is 12.2 Å². The fourth-order valence-electron chi connectivity index (χ4n) is 1.14. The standard InChI is InChI=1S/C6H12O4.CH2O3/c7-3-1-2-4(8)6(10)5(3)9;2-1(3)4/h3-10H,1-2H2;(H2,2,3,4). The van der Waals surface area contributed by atoms with Crippen molar-refractivity contribution >= 4 is 6.16 Å². The SMILES string of the molecule is O=C(O)O.OC1CCC(O)C(O)C1O. The van der Waals surface area contributed by atoms with Crippen LogP contribution in [0.15, 0.2) is 0 Å². The van der Waals surface area contributed by atoms with Crippen molar-refractivity contribution in [2.24, 2.45) is 0 Å². The van der Waals surface area contributed by atoms with Gasteiger partial charge in [0.15, 0.2) is 0 Å². The Hall–Kier alpha value is -0.890. The van der Waals surface area contributed by atoms with Gasteiger partial charge in [0.05, 0.1) is 12.2 Å². The first-order valence-corrected chi connectivity index (χ1v) is 4.00. The fourth-order valence-corrected chi connectivity index (χ4v) is 1.14. The first-order valence-electron chi connectivity index (χ1n) is 4.00. The van der Waals surface area contributed by atoms with E-state index in [9.17, 15) is 0 Å². The summed E-state index contributed by atoms with van der Waals surface area (Å²) < 4.78 is 0. The molecule has 0 aromatic carbocycles. The molecule has 1 fully saturated rings. The van der Waals surface area contributed by atoms with E-state index in [1.165, 1.54) is 0 Å². The molecular weight excluding hydrogens is 196 g/mol. The number of aliphatic hydroxyl groups is 4. The first-order chi connectivity index (χ1) is 6.36. The third-order valence-corrected chi connectivity index (χ3v) is 1.90. The highest BCUT2D eigenvalue weighted by Gasteiger charge is 2.34. The molecule has 7 heteroatoms. The molecule has 0 radical (unpaired) electrons. The van der Waals surface area contributed by atoms with Gasteiger partial charge in [-0.3, -0.25) is 0 Å². The van der Waals surface area contributed by atoms with Crippen LogP contribution in [0, 0.1) is 0 Å². The number of rotatable bonds is 0. The number of hydrogen-bond acceptors (Lipinski definition) is 5. The molecule has 1 rings (SSSR count). The monoisotopic (exact) mass is 210 g/mol. The summed E-state index contributed by atoms with van der Waals surface area (Å²) in [6, 6.07) is 0. The first kappa shape index (κ1) is 13.1. The van der Waals surface area contributed by atoms with Crippen LogP contribution >= 0.6 is 0 Å². The Morgan fingerprint density at radius 1 is 0.857 bits per heavy atom. The second-order valence-electron chi connectivity index (χ2n) is 2.98. The summed E-state index contributed by atoms with van der Waals surface area (Å²) in [5, 5.41) is 49.7. The normalized spacial score (nSPS) is 36.9. The molecule has 84 valence electrons. The largest absolute Gasteiger partial charge is 0.503 e. The van der Waals surface area contributed by atoms with Crippen molar-refractivity contribution in [1.82, 2.24) is 0 Å². The Balaban J connectivity index is 0.000000364. The van der Waals surface area contributed by atoms with Crippen LogP contribution in [0.4, 0.5) is 4.79 Å². The molecule has 0 aliphatic heterocycles. The van der Waals surface area contributed by atoms with Crippen LogP contribution in [-0.4, -0.2) is 61.2 Å². The van der Waals surface area contributed by atoms with Crippen LogP contribution < -0.4 is 0 Å². The number of carboxylic acid groups (broad SMARTS) is 2. The van der Waals surface area contributed by atoms with E-state index in [0.717, 1.165) is 0 Å². The quantitative estimate of drug-likeness (QED) is 0.284. The van der Waals surface area contributed by atoms with Crippen LogP contribution in [-0.2, 0) is 0 Å². The van der Waals surface area contributed by atoms with E-state index in [1.807, 2.05) is 0 Å². The van der Waals surface area contributed by atoms with Gasteiger partial charge in [-0.2, -0.15) is 0 Å². The Labute approximate surface area is 79.9 Å². The van der Waals surface area contributed by atoms with Crippen LogP contribution in [0.1, 0.15) is 12.8 Å². The average Bonchev–Trinajstić information content (AvgIpc) is 2.07. The highest BCUT2D eigenvalue weighted by Crippen LogP contribution is 2.19. The predicted molar refractivity (Wildman–Crippen MR) is 43.9 cm³/mol. The maximum absolute atomic E-state index is 8.96. The number of carbonyl (C=O) groups is 1. The zero-order valence-electron chi connectivity index (χ0n) is 7.32. The van der Waals surface area contributed by atoms with Crippen LogP contribution in [0.25, 0.3) is 0 Å². The Bertz CT molecular complexity index is 165. The molecule has 1 aliphatic carbocycles. The minimum absolute atomic E-state index is 0.347. The Morgan fingerprint density at radius 2 is 1.07 bits per heavy atom. The van der Waals surface area contributed by atoms with Crippen molar-refractivity contribution in [2.75, 3.05) is 0 Å². The van der Waals surface area contributed by atoms with Gasteiger partial charge in [0.25, 0.3) is 0 Å². The molecular formula is C7H14O7. The summed E-state index contributed by atoms with van der Waals surface area (Å²) in [4.78, 5) is 8.56. The van der Waals surface area contributed by atoms with Crippen LogP contribution in [0.2, 0.25) is 0 Å². The fraction of sp³-hybridized carbons (Fsp3) is 0.857. The second kappa shape index (κ2) is 5.76. The molecule has 4 unspecified atom stereocenters. The van der Waals surface area contributed by atoms with E-state index < -0.39 is 30.6 Å². The molecule has 14 heavy (non-hydrogen) atoms.